The fourth-order valence-corrected chi connectivity index (χ4v) is 0.159. The van der Waals surface area contributed by atoms with Crippen LogP contribution in [0.5, 0.6) is 0 Å². The van der Waals surface area contributed by atoms with Gasteiger partial charge in [0.15, 0.2) is 5.96 Å². The average Bonchev–Trinajstić information content (AvgIpc) is 1.61. The molecule has 0 amide bonds. The third-order valence-corrected chi connectivity index (χ3v) is 0.397. The van der Waals surface area contributed by atoms with Crippen molar-refractivity contribution in [2.75, 3.05) is 6.54 Å². The Labute approximate surface area is 92.4 Å². The molecule has 0 aromatic rings. The van der Waals surface area contributed by atoms with Crippen LogP contribution < -0.4 is 11.5 Å². The number of carbonyl (C=O) groups is 1. The zero-order chi connectivity index (χ0) is 6.57. The van der Waals surface area contributed by atoms with Crippen molar-refractivity contribution in [2.24, 2.45) is 16.5 Å². The van der Waals surface area contributed by atoms with Gasteiger partial charge in [-0.1, -0.05) is 0 Å². The van der Waals surface area contributed by atoms with Gasteiger partial charge < -0.3 is 19.4 Å². The maximum absolute atomic E-state index is 9.69. The number of carboxylic acids is 1. The molecule has 0 radical (unpaired) electrons. The van der Waals surface area contributed by atoms with E-state index in [9.17, 15) is 4.79 Å². The van der Waals surface area contributed by atoms with Gasteiger partial charge in [-0.05, 0) is 0 Å². The van der Waals surface area contributed by atoms with Crippen molar-refractivity contribution >= 4 is 57.4 Å². The van der Waals surface area contributed by atoms with Gasteiger partial charge >= 0.3 is 51.5 Å². The molecule has 0 aliphatic carbocycles. The summed E-state index contributed by atoms with van der Waals surface area (Å²) in [5.41, 5.74) is 9.61. The number of rotatable bonds is 2. The molecule has 0 atom stereocenters. The van der Waals surface area contributed by atoms with Gasteiger partial charge in [0, 0.05) is 0 Å². The van der Waals surface area contributed by atoms with E-state index in [2.05, 4.69) is 4.99 Å². The second kappa shape index (κ2) is 6.34. The molecule has 0 aromatic carbocycles. The molecule has 5 N–H and O–H groups in total. The summed E-state index contributed by atoms with van der Waals surface area (Å²) in [6.07, 6.45) is 0. The quantitative estimate of drug-likeness (QED) is 0.282. The fraction of sp³-hybridized carbons (Fsp3) is 0.333. The molecule has 0 fully saturated rings. The Morgan fingerprint density at radius 3 is 2.22 bits per heavy atom. The van der Waals surface area contributed by atoms with Crippen LogP contribution in [0.2, 0.25) is 0 Å². The summed E-state index contributed by atoms with van der Waals surface area (Å²) in [6.45, 7) is -0.359. The summed E-state index contributed by atoms with van der Waals surface area (Å²) in [6, 6.07) is 0. The summed E-state index contributed by atoms with van der Waals surface area (Å²) in [4.78, 5) is 12.9. The number of hydrogen-bond acceptors (Lipinski definition) is 2. The minimum Gasteiger partial charge on any atom is -1.00 e. The zero-order valence-corrected chi connectivity index (χ0v) is 8.35. The van der Waals surface area contributed by atoms with Crippen molar-refractivity contribution in [1.29, 1.82) is 0 Å². The van der Waals surface area contributed by atoms with E-state index in [1.807, 2.05) is 0 Å². The number of carboxylic acid groups (broad SMARTS) is 1. The maximum Gasteiger partial charge on any atom is 2.00 e. The van der Waals surface area contributed by atoms with Crippen molar-refractivity contribution < 1.29 is 12.8 Å². The molecule has 5 nitrogen and oxygen atoms in total. The van der Waals surface area contributed by atoms with Crippen LogP contribution in [-0.2, 0) is 4.79 Å². The van der Waals surface area contributed by atoms with E-state index in [1.54, 1.807) is 0 Å². The smallest absolute Gasteiger partial charge is 1.00 e. The summed E-state index contributed by atoms with van der Waals surface area (Å²) in [7, 11) is 0. The van der Waals surface area contributed by atoms with Crippen molar-refractivity contribution in [1.82, 2.24) is 0 Å². The zero-order valence-electron chi connectivity index (χ0n) is 6.87. The second-order valence-corrected chi connectivity index (χ2v) is 1.13. The van der Waals surface area contributed by atoms with Gasteiger partial charge in [0.1, 0.15) is 6.54 Å². The molecule has 50 valence electrons. The van der Waals surface area contributed by atoms with Crippen LogP contribution in [0.3, 0.4) is 0 Å². The van der Waals surface area contributed by atoms with E-state index in [0.717, 1.165) is 0 Å². The van der Waals surface area contributed by atoms with Gasteiger partial charge in [-0.15, -0.1) is 0 Å². The molecule has 0 rings (SSSR count). The van der Waals surface area contributed by atoms with E-state index in [0.29, 0.717) is 0 Å². The first kappa shape index (κ1) is 12.0. The summed E-state index contributed by atoms with van der Waals surface area (Å²) >= 11 is 0. The van der Waals surface area contributed by atoms with Crippen LogP contribution in [0.25, 0.3) is 0 Å². The van der Waals surface area contributed by atoms with Gasteiger partial charge in [-0.25, -0.2) is 4.99 Å². The summed E-state index contributed by atoms with van der Waals surface area (Å²) < 4.78 is 0. The first-order valence-electron chi connectivity index (χ1n) is 1.90. The SMILES string of the molecule is NC(N)=NCC(=O)O.[H-].[H-].[Sr+2]. The Bertz CT molecular complexity index is 128. The van der Waals surface area contributed by atoms with Crippen LogP contribution in [0.1, 0.15) is 2.85 Å². The summed E-state index contributed by atoms with van der Waals surface area (Å²) in [5, 5.41) is 7.94. The molecule has 6 heteroatoms. The monoisotopic (exact) mass is 207 g/mol. The number of aliphatic imine (C=N–C) groups is 1. The molecule has 0 unspecified atom stereocenters. The van der Waals surface area contributed by atoms with E-state index >= 15 is 0 Å². The van der Waals surface area contributed by atoms with Gasteiger partial charge in [0.25, 0.3) is 0 Å². The van der Waals surface area contributed by atoms with Crippen molar-refractivity contribution in [3.8, 4) is 0 Å². The van der Waals surface area contributed by atoms with E-state index in [1.165, 1.54) is 0 Å². The molecule has 0 aliphatic rings. The minimum atomic E-state index is -1.04. The summed E-state index contributed by atoms with van der Waals surface area (Å²) in [5.74, 6) is -1.24. The first-order chi connectivity index (χ1) is 3.63. The van der Waals surface area contributed by atoms with Crippen LogP contribution in [0.15, 0.2) is 4.99 Å². The van der Waals surface area contributed by atoms with Crippen LogP contribution in [-0.4, -0.2) is 69.1 Å². The topological polar surface area (TPSA) is 102 Å². The number of guanidine groups is 1. The van der Waals surface area contributed by atoms with Crippen molar-refractivity contribution in [3.63, 3.8) is 0 Å². The van der Waals surface area contributed by atoms with Crippen LogP contribution in [0.4, 0.5) is 0 Å². The Balaban J connectivity index is -0.0000000817. The Morgan fingerprint density at radius 1 is 1.67 bits per heavy atom. The van der Waals surface area contributed by atoms with Crippen LogP contribution >= 0.6 is 0 Å². The van der Waals surface area contributed by atoms with Crippen molar-refractivity contribution in [2.45, 2.75) is 0 Å². The third-order valence-electron chi connectivity index (χ3n) is 0.397. The average molecular weight is 207 g/mol. The second-order valence-electron chi connectivity index (χ2n) is 1.13. The van der Waals surface area contributed by atoms with Gasteiger partial charge in [-0.3, -0.25) is 4.79 Å². The van der Waals surface area contributed by atoms with Gasteiger partial charge in [0.05, 0.1) is 0 Å². The van der Waals surface area contributed by atoms with Crippen molar-refractivity contribution in [3.05, 3.63) is 0 Å². The van der Waals surface area contributed by atoms with E-state index in [4.69, 9.17) is 16.6 Å². The molecular formula is C3H9N3O2Sr. The molecule has 0 saturated carbocycles. The molecule has 0 saturated heterocycles. The minimum absolute atomic E-state index is 0. The molecule has 0 aromatic heterocycles. The maximum atomic E-state index is 9.69. The largest absolute Gasteiger partial charge is 2.00 e. The predicted octanol–water partition coefficient (Wildman–Crippen LogP) is -1.81. The predicted molar refractivity (Wildman–Crippen MR) is 36.3 cm³/mol. The van der Waals surface area contributed by atoms with E-state index in [-0.39, 0.29) is 60.8 Å². The Kier molecular flexibility index (Phi) is 8.42. The molecule has 9 heavy (non-hydrogen) atoms. The molecule has 0 aliphatic heterocycles. The standard InChI is InChI=1S/C3H7N3O2.Sr.2H/c4-3(5)6-1-2(7)8;;;/h1H2,(H,7,8)(H4,4,5,6);;;/q;+2;2*-1. The van der Waals surface area contributed by atoms with Crippen LogP contribution in [0, 0.1) is 0 Å². The van der Waals surface area contributed by atoms with Gasteiger partial charge in [0.2, 0.25) is 0 Å². The number of hydrogen-bond donors (Lipinski definition) is 3. The number of nitrogens with two attached hydrogens (primary N) is 2. The number of aliphatic carboxylic acids is 1. The third kappa shape index (κ3) is 11.7. The molecular weight excluding hydrogens is 198 g/mol. The normalized spacial score (nSPS) is 7.11. The van der Waals surface area contributed by atoms with E-state index < -0.39 is 5.97 Å². The molecule has 0 heterocycles. The fourth-order valence-electron chi connectivity index (χ4n) is 0.159. The Morgan fingerprint density at radius 2 is 2.11 bits per heavy atom. The first-order valence-corrected chi connectivity index (χ1v) is 1.90. The Hall–Kier alpha value is 0.221. The number of nitrogens with zero attached hydrogens (tertiary/aromatic N) is 1. The molecule has 0 spiro atoms. The van der Waals surface area contributed by atoms with Gasteiger partial charge in [-0.2, -0.15) is 0 Å². The molecule has 0 bridgehead atoms.